The van der Waals surface area contributed by atoms with Gasteiger partial charge in [-0.2, -0.15) is 0 Å². The van der Waals surface area contributed by atoms with Gasteiger partial charge in [-0.1, -0.05) is 13.3 Å². The molecule has 5 heteroatoms. The van der Waals surface area contributed by atoms with E-state index in [9.17, 15) is 19.5 Å². The molecule has 0 bridgehead atoms. The molecular formula is C16H21NO4. The first-order chi connectivity index (χ1) is 9.99. The number of Topliss-reactive ketones (excluding diaryl/α,β-unsaturated/α-hetero) is 1. The van der Waals surface area contributed by atoms with Crippen LogP contribution in [0.15, 0.2) is 18.2 Å². The number of ketones is 1. The maximum atomic E-state index is 11.8. The smallest absolute Gasteiger partial charge is 0.229 e. The van der Waals surface area contributed by atoms with Crippen molar-refractivity contribution in [3.8, 4) is 5.75 Å². The van der Waals surface area contributed by atoms with Crippen molar-refractivity contribution in [3.05, 3.63) is 29.3 Å². The molecule has 1 atom stereocenters. The number of amides is 2. The zero-order chi connectivity index (χ0) is 15.8. The summed E-state index contributed by atoms with van der Waals surface area (Å²) in [5.41, 5.74) is 1.28. The molecule has 0 aliphatic carbocycles. The Hall–Kier alpha value is -2.17. The van der Waals surface area contributed by atoms with Crippen LogP contribution in [0.1, 0.15) is 49.0 Å². The van der Waals surface area contributed by atoms with Gasteiger partial charge in [0, 0.05) is 11.5 Å². The lowest BCUT2D eigenvalue weighted by molar-refractivity contribution is -0.128. The van der Waals surface area contributed by atoms with Crippen molar-refractivity contribution in [2.45, 2.75) is 39.5 Å². The highest BCUT2D eigenvalue weighted by molar-refractivity contribution is 5.95. The van der Waals surface area contributed by atoms with Crippen molar-refractivity contribution in [3.63, 3.8) is 0 Å². The zero-order valence-corrected chi connectivity index (χ0v) is 12.4. The van der Waals surface area contributed by atoms with E-state index in [1.165, 1.54) is 13.0 Å². The van der Waals surface area contributed by atoms with Gasteiger partial charge in [0.15, 0.2) is 5.78 Å². The molecular weight excluding hydrogens is 270 g/mol. The van der Waals surface area contributed by atoms with Crippen molar-refractivity contribution in [1.82, 2.24) is 5.32 Å². The lowest BCUT2D eigenvalue weighted by Gasteiger charge is -2.15. The van der Waals surface area contributed by atoms with Gasteiger partial charge < -0.3 is 5.11 Å². The fraction of sp³-hybridized carbons (Fsp3) is 0.438. The standard InChI is InChI=1S/C16H21NO4/c1-3-4-12(16(21)17-10-18)5-6-13-9-14(20)7-8-15(13)11(2)19/h7-10,12,20H,3-6H2,1-2H3,(H,17,18,21). The van der Waals surface area contributed by atoms with Crippen LogP contribution in [0.4, 0.5) is 0 Å². The largest absolute Gasteiger partial charge is 0.508 e. The normalized spacial score (nSPS) is 11.7. The number of imide groups is 1. The van der Waals surface area contributed by atoms with Gasteiger partial charge >= 0.3 is 0 Å². The van der Waals surface area contributed by atoms with Crippen molar-refractivity contribution < 1.29 is 19.5 Å². The Morgan fingerprint density at radius 2 is 2.05 bits per heavy atom. The second kappa shape index (κ2) is 8.19. The molecule has 21 heavy (non-hydrogen) atoms. The van der Waals surface area contributed by atoms with Crippen LogP contribution in [0.5, 0.6) is 5.75 Å². The second-order valence-electron chi connectivity index (χ2n) is 5.05. The molecule has 114 valence electrons. The summed E-state index contributed by atoms with van der Waals surface area (Å²) >= 11 is 0. The Morgan fingerprint density at radius 1 is 1.33 bits per heavy atom. The average Bonchev–Trinajstić information content (AvgIpc) is 2.43. The van der Waals surface area contributed by atoms with Crippen molar-refractivity contribution in [2.75, 3.05) is 0 Å². The predicted molar refractivity (Wildman–Crippen MR) is 79.0 cm³/mol. The van der Waals surface area contributed by atoms with Crippen molar-refractivity contribution >= 4 is 18.1 Å². The molecule has 1 aromatic rings. The van der Waals surface area contributed by atoms with E-state index in [-0.39, 0.29) is 23.4 Å². The summed E-state index contributed by atoms with van der Waals surface area (Å²) < 4.78 is 0. The highest BCUT2D eigenvalue weighted by atomic mass is 16.3. The maximum absolute atomic E-state index is 11.8. The van der Waals surface area contributed by atoms with Gasteiger partial charge in [-0.3, -0.25) is 19.7 Å². The second-order valence-corrected chi connectivity index (χ2v) is 5.05. The zero-order valence-electron chi connectivity index (χ0n) is 12.4. The number of phenolic OH excluding ortho intramolecular Hbond substituents is 1. The summed E-state index contributed by atoms with van der Waals surface area (Å²) in [6.45, 7) is 3.44. The summed E-state index contributed by atoms with van der Waals surface area (Å²) in [5, 5.41) is 11.7. The minimum absolute atomic E-state index is 0.0746. The summed E-state index contributed by atoms with van der Waals surface area (Å²) in [5.74, 6) is -0.549. The first kappa shape index (κ1) is 16.9. The summed E-state index contributed by atoms with van der Waals surface area (Å²) in [7, 11) is 0. The van der Waals surface area contributed by atoms with Crippen molar-refractivity contribution in [2.24, 2.45) is 5.92 Å². The Labute approximate surface area is 124 Å². The number of benzene rings is 1. The molecule has 0 aliphatic heterocycles. The molecule has 0 saturated heterocycles. The van der Waals surface area contributed by atoms with Crippen LogP contribution in [0.25, 0.3) is 0 Å². The Morgan fingerprint density at radius 3 is 2.62 bits per heavy atom. The Balaban J connectivity index is 2.84. The molecule has 1 aromatic carbocycles. The molecule has 0 radical (unpaired) electrons. The molecule has 0 saturated carbocycles. The maximum Gasteiger partial charge on any atom is 0.229 e. The number of nitrogens with one attached hydrogen (secondary N) is 1. The molecule has 1 unspecified atom stereocenters. The van der Waals surface area contributed by atoms with Gasteiger partial charge in [0.1, 0.15) is 5.75 Å². The van der Waals surface area contributed by atoms with Gasteiger partial charge in [-0.15, -0.1) is 0 Å². The van der Waals surface area contributed by atoms with Gasteiger partial charge in [0.05, 0.1) is 0 Å². The molecule has 0 spiro atoms. The third-order valence-corrected chi connectivity index (χ3v) is 3.44. The van der Waals surface area contributed by atoms with Crippen LogP contribution >= 0.6 is 0 Å². The third-order valence-electron chi connectivity index (χ3n) is 3.44. The molecule has 5 nitrogen and oxygen atoms in total. The summed E-state index contributed by atoms with van der Waals surface area (Å²) in [6.07, 6.45) is 2.92. The number of carbonyl (C=O) groups is 3. The molecule has 0 fully saturated rings. The molecule has 0 aliphatic rings. The molecule has 0 heterocycles. The van der Waals surface area contributed by atoms with E-state index in [0.717, 1.165) is 12.0 Å². The summed E-state index contributed by atoms with van der Waals surface area (Å²) in [4.78, 5) is 33.7. The highest BCUT2D eigenvalue weighted by Crippen LogP contribution is 2.22. The van der Waals surface area contributed by atoms with E-state index >= 15 is 0 Å². The number of aryl methyl sites for hydroxylation is 1. The predicted octanol–water partition coefficient (Wildman–Crippen LogP) is 2.22. The number of rotatable bonds is 8. The van der Waals surface area contributed by atoms with E-state index in [0.29, 0.717) is 31.2 Å². The van der Waals surface area contributed by atoms with E-state index in [1.807, 2.05) is 6.92 Å². The molecule has 2 amide bonds. The average molecular weight is 291 g/mol. The number of hydrogen-bond donors (Lipinski definition) is 2. The van der Waals surface area contributed by atoms with Crippen LogP contribution in [0.3, 0.4) is 0 Å². The highest BCUT2D eigenvalue weighted by Gasteiger charge is 2.18. The van der Waals surface area contributed by atoms with Gasteiger partial charge in [0.2, 0.25) is 12.3 Å². The fourth-order valence-corrected chi connectivity index (χ4v) is 2.39. The lowest BCUT2D eigenvalue weighted by Crippen LogP contribution is -2.29. The molecule has 0 aromatic heterocycles. The number of hydrogen-bond acceptors (Lipinski definition) is 4. The molecule has 2 N–H and O–H groups in total. The number of phenols is 1. The first-order valence-electron chi connectivity index (χ1n) is 7.06. The fourth-order valence-electron chi connectivity index (χ4n) is 2.39. The first-order valence-corrected chi connectivity index (χ1v) is 7.06. The van der Waals surface area contributed by atoms with E-state index < -0.39 is 0 Å². The Bertz CT molecular complexity index is 525. The topological polar surface area (TPSA) is 83.5 Å². The van der Waals surface area contributed by atoms with Crippen LogP contribution in [-0.4, -0.2) is 23.2 Å². The van der Waals surface area contributed by atoms with Crippen molar-refractivity contribution in [1.29, 1.82) is 0 Å². The van der Waals surface area contributed by atoms with Crippen LogP contribution < -0.4 is 5.32 Å². The number of aromatic hydroxyl groups is 1. The summed E-state index contributed by atoms with van der Waals surface area (Å²) in [6, 6.07) is 4.62. The van der Waals surface area contributed by atoms with E-state index in [4.69, 9.17) is 0 Å². The molecule has 1 rings (SSSR count). The minimum Gasteiger partial charge on any atom is -0.508 e. The quantitative estimate of drug-likeness (QED) is 0.568. The SMILES string of the molecule is CCCC(CCc1cc(O)ccc1C(C)=O)C(=O)NC=O. The minimum atomic E-state index is -0.295. The number of carbonyl (C=O) groups excluding carboxylic acids is 3. The van der Waals surface area contributed by atoms with Crippen LogP contribution in [0.2, 0.25) is 0 Å². The van der Waals surface area contributed by atoms with Gasteiger partial charge in [-0.25, -0.2) is 0 Å². The monoisotopic (exact) mass is 291 g/mol. The van der Waals surface area contributed by atoms with E-state index in [2.05, 4.69) is 5.32 Å². The lowest BCUT2D eigenvalue weighted by atomic mass is 9.92. The van der Waals surface area contributed by atoms with Gasteiger partial charge in [0.25, 0.3) is 0 Å². The van der Waals surface area contributed by atoms with E-state index in [1.54, 1.807) is 12.1 Å². The Kier molecular flexibility index (Phi) is 6.59. The van der Waals surface area contributed by atoms with Crippen LogP contribution in [-0.2, 0) is 16.0 Å². The third kappa shape index (κ3) is 5.02. The van der Waals surface area contributed by atoms with Crippen LogP contribution in [0, 0.1) is 5.92 Å². The van der Waals surface area contributed by atoms with Gasteiger partial charge in [-0.05, 0) is 49.9 Å².